The number of aromatic nitrogens is 2. The standard InChI is InChI=1S/C34H35N5O2/c1-4-39(5-2)22-24-11-14-28(15-12-24)37-32(26-17-19-35-20-18-26)31-29-21-27(13-16-30(29)38-34(31)41)33(40)36-23(3)25-9-7-6-8-10-25/h6-21,23,38,41H,4-5,22H2,1-3H3,(H,36,40)/t23-/m1/s1. The number of rotatable bonds is 10. The average Bonchev–Trinajstić information content (AvgIpc) is 3.34. The molecular weight excluding hydrogens is 510 g/mol. The number of pyridine rings is 1. The molecule has 1 amide bonds. The average molecular weight is 546 g/mol. The van der Waals surface area contributed by atoms with E-state index in [1.807, 2.05) is 67.6 Å². The number of carbonyl (C=O) groups is 1. The summed E-state index contributed by atoms with van der Waals surface area (Å²) in [4.78, 5) is 27.8. The molecule has 0 saturated heterocycles. The van der Waals surface area contributed by atoms with E-state index < -0.39 is 0 Å². The van der Waals surface area contributed by atoms with Crippen LogP contribution in [0.5, 0.6) is 5.88 Å². The maximum Gasteiger partial charge on any atom is 0.251 e. The molecule has 3 aromatic carbocycles. The summed E-state index contributed by atoms with van der Waals surface area (Å²) in [6.45, 7) is 9.15. The third-order valence-electron chi connectivity index (χ3n) is 7.36. The summed E-state index contributed by atoms with van der Waals surface area (Å²) in [5.41, 5.74) is 6.13. The Morgan fingerprint density at radius 2 is 1.66 bits per heavy atom. The van der Waals surface area contributed by atoms with Gasteiger partial charge in [-0.1, -0.05) is 56.3 Å². The Morgan fingerprint density at radius 1 is 0.951 bits per heavy atom. The Labute approximate surface area is 240 Å². The van der Waals surface area contributed by atoms with Crippen LogP contribution in [0.4, 0.5) is 5.69 Å². The number of aromatic hydroxyl groups is 1. The van der Waals surface area contributed by atoms with Crippen LogP contribution in [0.2, 0.25) is 0 Å². The van der Waals surface area contributed by atoms with Gasteiger partial charge in [0.05, 0.1) is 23.0 Å². The van der Waals surface area contributed by atoms with Gasteiger partial charge in [-0.25, -0.2) is 4.99 Å². The molecule has 0 fully saturated rings. The van der Waals surface area contributed by atoms with Crippen molar-refractivity contribution in [3.05, 3.63) is 125 Å². The van der Waals surface area contributed by atoms with Crippen LogP contribution in [0, 0.1) is 0 Å². The first-order valence-corrected chi connectivity index (χ1v) is 14.0. The number of benzene rings is 3. The van der Waals surface area contributed by atoms with Gasteiger partial charge in [0.25, 0.3) is 5.91 Å². The number of aliphatic imine (C=N–C) groups is 1. The largest absolute Gasteiger partial charge is 0.494 e. The van der Waals surface area contributed by atoms with E-state index in [-0.39, 0.29) is 17.8 Å². The van der Waals surface area contributed by atoms with Gasteiger partial charge in [0.1, 0.15) is 0 Å². The highest BCUT2D eigenvalue weighted by molar-refractivity contribution is 6.22. The van der Waals surface area contributed by atoms with Gasteiger partial charge in [0.2, 0.25) is 0 Å². The van der Waals surface area contributed by atoms with Crippen LogP contribution in [0.25, 0.3) is 10.9 Å². The molecule has 0 saturated carbocycles. The van der Waals surface area contributed by atoms with Crippen LogP contribution in [-0.2, 0) is 6.54 Å². The fourth-order valence-electron chi connectivity index (χ4n) is 4.95. The smallest absolute Gasteiger partial charge is 0.251 e. The van der Waals surface area contributed by atoms with Crippen LogP contribution >= 0.6 is 0 Å². The van der Waals surface area contributed by atoms with Crippen LogP contribution < -0.4 is 5.32 Å². The second-order valence-electron chi connectivity index (χ2n) is 10.0. The van der Waals surface area contributed by atoms with Crippen molar-refractivity contribution in [2.24, 2.45) is 4.99 Å². The van der Waals surface area contributed by atoms with Crippen LogP contribution in [0.1, 0.15) is 59.4 Å². The lowest BCUT2D eigenvalue weighted by Gasteiger charge is -2.17. The van der Waals surface area contributed by atoms with E-state index in [4.69, 9.17) is 4.99 Å². The lowest BCUT2D eigenvalue weighted by atomic mass is 10.00. The van der Waals surface area contributed by atoms with Crippen LogP contribution in [0.15, 0.2) is 102 Å². The van der Waals surface area contributed by atoms with Crippen molar-refractivity contribution >= 4 is 28.2 Å². The number of H-pyrrole nitrogens is 1. The highest BCUT2D eigenvalue weighted by atomic mass is 16.3. The van der Waals surface area contributed by atoms with Gasteiger partial charge in [-0.05, 0) is 73.6 Å². The Morgan fingerprint density at radius 3 is 2.34 bits per heavy atom. The van der Waals surface area contributed by atoms with Crippen molar-refractivity contribution in [3.63, 3.8) is 0 Å². The molecule has 0 radical (unpaired) electrons. The van der Waals surface area contributed by atoms with E-state index in [2.05, 4.69) is 46.2 Å². The number of amides is 1. The van der Waals surface area contributed by atoms with Gasteiger partial charge in [0, 0.05) is 41.0 Å². The van der Waals surface area contributed by atoms with Crippen LogP contribution in [0.3, 0.4) is 0 Å². The Balaban J connectivity index is 1.52. The highest BCUT2D eigenvalue weighted by Crippen LogP contribution is 2.32. The highest BCUT2D eigenvalue weighted by Gasteiger charge is 2.21. The van der Waals surface area contributed by atoms with Crippen LogP contribution in [-0.4, -0.2) is 44.7 Å². The van der Waals surface area contributed by atoms with E-state index in [1.165, 1.54) is 5.56 Å². The topological polar surface area (TPSA) is 93.6 Å². The third-order valence-corrected chi connectivity index (χ3v) is 7.36. The number of carbonyl (C=O) groups excluding carboxylic acids is 1. The van der Waals surface area contributed by atoms with Gasteiger partial charge in [-0.15, -0.1) is 0 Å². The summed E-state index contributed by atoms with van der Waals surface area (Å²) < 4.78 is 0. The molecule has 2 heterocycles. The summed E-state index contributed by atoms with van der Waals surface area (Å²) in [6.07, 6.45) is 3.40. The third kappa shape index (κ3) is 6.36. The van der Waals surface area contributed by atoms with E-state index in [9.17, 15) is 9.90 Å². The Bertz CT molecular complexity index is 1640. The lowest BCUT2D eigenvalue weighted by Crippen LogP contribution is -2.26. The quantitative estimate of drug-likeness (QED) is 0.169. The van der Waals surface area contributed by atoms with Gasteiger partial charge in [-0.2, -0.15) is 0 Å². The van der Waals surface area contributed by atoms with E-state index in [0.29, 0.717) is 27.7 Å². The minimum atomic E-state index is -0.193. The zero-order valence-electron chi connectivity index (χ0n) is 23.6. The first-order valence-electron chi connectivity index (χ1n) is 14.0. The number of aromatic amines is 1. The maximum absolute atomic E-state index is 13.2. The molecule has 0 spiro atoms. The number of nitrogens with one attached hydrogen (secondary N) is 2. The van der Waals surface area contributed by atoms with E-state index >= 15 is 0 Å². The number of hydrogen-bond acceptors (Lipinski definition) is 5. The summed E-state index contributed by atoms with van der Waals surface area (Å²) in [5.74, 6) is -0.204. The monoisotopic (exact) mass is 545 g/mol. The van der Waals surface area contributed by atoms with E-state index in [0.717, 1.165) is 36.4 Å². The number of fused-ring (bicyclic) bond motifs is 1. The SMILES string of the molecule is CCN(CC)Cc1ccc(N=C(c2ccncc2)c2c(O)[nH]c3ccc(C(=O)N[C@H](C)c4ccccc4)cc23)cc1. The molecule has 0 bridgehead atoms. The molecule has 0 unspecified atom stereocenters. The number of nitrogens with zero attached hydrogens (tertiary/aromatic N) is 3. The Kier molecular flexibility index (Phi) is 8.56. The molecule has 1 atom stereocenters. The Hall–Kier alpha value is -4.75. The summed E-state index contributed by atoms with van der Waals surface area (Å²) in [7, 11) is 0. The summed E-state index contributed by atoms with van der Waals surface area (Å²) in [5, 5.41) is 14.9. The maximum atomic E-state index is 13.2. The first kappa shape index (κ1) is 27.8. The van der Waals surface area contributed by atoms with Gasteiger partial charge >= 0.3 is 0 Å². The summed E-state index contributed by atoms with van der Waals surface area (Å²) >= 11 is 0. The second kappa shape index (κ2) is 12.6. The van der Waals surface area contributed by atoms with Crippen molar-refractivity contribution in [3.8, 4) is 5.88 Å². The molecule has 7 nitrogen and oxygen atoms in total. The molecule has 0 aliphatic carbocycles. The molecule has 5 aromatic rings. The van der Waals surface area contributed by atoms with Crippen molar-refractivity contribution in [2.75, 3.05) is 13.1 Å². The molecule has 7 heteroatoms. The minimum absolute atomic E-state index is 0.0103. The molecule has 0 aliphatic heterocycles. The van der Waals surface area contributed by atoms with Crippen molar-refractivity contribution in [1.29, 1.82) is 0 Å². The molecule has 2 aromatic heterocycles. The molecule has 0 aliphatic rings. The first-order chi connectivity index (χ1) is 20.0. The normalized spacial score (nSPS) is 12.5. The number of hydrogen-bond donors (Lipinski definition) is 3. The van der Waals surface area contributed by atoms with Crippen molar-refractivity contribution < 1.29 is 9.90 Å². The summed E-state index contributed by atoms with van der Waals surface area (Å²) in [6, 6.07) is 27.0. The minimum Gasteiger partial charge on any atom is -0.494 e. The zero-order chi connectivity index (χ0) is 28.8. The molecule has 3 N–H and O–H groups in total. The second-order valence-corrected chi connectivity index (χ2v) is 10.0. The van der Waals surface area contributed by atoms with Gasteiger partial charge < -0.3 is 15.4 Å². The molecular formula is C34H35N5O2. The van der Waals surface area contributed by atoms with Crippen molar-refractivity contribution in [2.45, 2.75) is 33.4 Å². The predicted molar refractivity (Wildman–Crippen MR) is 165 cm³/mol. The zero-order valence-corrected chi connectivity index (χ0v) is 23.6. The lowest BCUT2D eigenvalue weighted by molar-refractivity contribution is 0.0940. The molecule has 5 rings (SSSR count). The molecule has 41 heavy (non-hydrogen) atoms. The van der Waals surface area contributed by atoms with Gasteiger partial charge in [0.15, 0.2) is 5.88 Å². The fraction of sp³-hybridized carbons (Fsp3) is 0.206. The fourth-order valence-corrected chi connectivity index (χ4v) is 4.95. The van der Waals surface area contributed by atoms with Crippen molar-refractivity contribution in [1.82, 2.24) is 20.2 Å². The van der Waals surface area contributed by atoms with Gasteiger partial charge in [-0.3, -0.25) is 14.7 Å². The van der Waals surface area contributed by atoms with E-state index in [1.54, 1.807) is 24.5 Å². The predicted octanol–water partition coefficient (Wildman–Crippen LogP) is 6.77. The molecule has 208 valence electrons.